The average Bonchev–Trinajstić information content (AvgIpc) is 3.31. The van der Waals surface area contributed by atoms with E-state index < -0.39 is 24.5 Å². The monoisotopic (exact) mass is 344 g/mol. The van der Waals surface area contributed by atoms with Crippen molar-refractivity contribution in [3.05, 3.63) is 35.6 Å². The quantitative estimate of drug-likeness (QED) is 0.782. The van der Waals surface area contributed by atoms with Crippen molar-refractivity contribution in [1.82, 2.24) is 10.6 Å². The van der Waals surface area contributed by atoms with Crippen molar-refractivity contribution in [2.75, 3.05) is 6.61 Å². The summed E-state index contributed by atoms with van der Waals surface area (Å²) in [4.78, 5) is 34.9. The summed E-state index contributed by atoms with van der Waals surface area (Å²) in [6, 6.07) is 5.43. The van der Waals surface area contributed by atoms with Crippen LogP contribution >= 0.6 is 0 Å². The van der Waals surface area contributed by atoms with Crippen LogP contribution in [0.15, 0.2) is 28.9 Å². The number of hydrogen-bond acceptors (Lipinski definition) is 5. The first kappa shape index (κ1) is 17.0. The average molecular weight is 344 g/mol. The largest absolute Gasteiger partial charge is 0.464 e. The smallest absolute Gasteiger partial charge is 0.321 e. The van der Waals surface area contributed by atoms with Crippen LogP contribution in [-0.2, 0) is 27.2 Å². The Kier molecular flexibility index (Phi) is 5.02. The van der Waals surface area contributed by atoms with Gasteiger partial charge in [0, 0.05) is 17.0 Å². The van der Waals surface area contributed by atoms with Crippen LogP contribution in [0.25, 0.3) is 11.0 Å². The van der Waals surface area contributed by atoms with E-state index in [4.69, 9.17) is 9.15 Å². The van der Waals surface area contributed by atoms with Gasteiger partial charge in [0.05, 0.1) is 12.7 Å². The Morgan fingerprint density at radius 3 is 2.80 bits per heavy atom. The molecule has 2 aromatic rings. The first-order valence-electron chi connectivity index (χ1n) is 8.30. The minimum absolute atomic E-state index is 0.0000220. The van der Waals surface area contributed by atoms with Crippen molar-refractivity contribution in [3.63, 3.8) is 0 Å². The number of urea groups is 1. The fourth-order valence-corrected chi connectivity index (χ4v) is 2.45. The van der Waals surface area contributed by atoms with Crippen LogP contribution in [0.5, 0.6) is 0 Å². The van der Waals surface area contributed by atoms with E-state index in [0.717, 1.165) is 35.8 Å². The Bertz CT molecular complexity index is 807. The van der Waals surface area contributed by atoms with E-state index in [2.05, 4.69) is 17.6 Å². The third kappa shape index (κ3) is 4.59. The number of nitrogens with one attached hydrogen (secondary N) is 2. The van der Waals surface area contributed by atoms with Gasteiger partial charge < -0.3 is 14.5 Å². The fraction of sp³-hybridized carbons (Fsp3) is 0.389. The van der Waals surface area contributed by atoms with Crippen molar-refractivity contribution in [2.45, 2.75) is 38.6 Å². The minimum atomic E-state index is -0.656. The van der Waals surface area contributed by atoms with Crippen LogP contribution in [0.1, 0.15) is 30.9 Å². The molecule has 1 saturated carbocycles. The lowest BCUT2D eigenvalue weighted by Crippen LogP contribution is -2.42. The molecule has 0 aliphatic heterocycles. The number of benzene rings is 1. The molecule has 25 heavy (non-hydrogen) atoms. The van der Waals surface area contributed by atoms with E-state index in [1.807, 2.05) is 18.2 Å². The summed E-state index contributed by atoms with van der Waals surface area (Å²) in [5.74, 6) is -1.21. The topological polar surface area (TPSA) is 97.6 Å². The lowest BCUT2D eigenvalue weighted by Gasteiger charge is -2.06. The number of amides is 3. The summed E-state index contributed by atoms with van der Waals surface area (Å²) in [6.45, 7) is 1.56. The van der Waals surface area contributed by atoms with Crippen LogP contribution in [0.2, 0.25) is 0 Å². The van der Waals surface area contributed by atoms with E-state index in [-0.39, 0.29) is 12.5 Å². The number of furan rings is 1. The van der Waals surface area contributed by atoms with Gasteiger partial charge in [-0.3, -0.25) is 14.9 Å². The summed E-state index contributed by atoms with van der Waals surface area (Å²) in [5, 5.41) is 5.59. The number of rotatable bonds is 6. The van der Waals surface area contributed by atoms with E-state index >= 15 is 0 Å². The summed E-state index contributed by atoms with van der Waals surface area (Å²) in [7, 11) is 0. The van der Waals surface area contributed by atoms with Gasteiger partial charge in [-0.15, -0.1) is 0 Å². The van der Waals surface area contributed by atoms with E-state index in [1.165, 1.54) is 6.26 Å². The first-order chi connectivity index (χ1) is 12.0. The number of esters is 1. The molecule has 0 unspecified atom stereocenters. The molecule has 2 N–H and O–H groups in total. The molecule has 3 amide bonds. The second-order valence-electron chi connectivity index (χ2n) is 6.08. The van der Waals surface area contributed by atoms with Crippen molar-refractivity contribution in [2.24, 2.45) is 0 Å². The SMILES string of the molecule is CCc1ccc2c(CC(=O)OCC(=O)NC(=O)NC3CC3)coc2c1. The Morgan fingerprint density at radius 1 is 1.28 bits per heavy atom. The maximum absolute atomic E-state index is 11.9. The number of carbonyl (C=O) groups is 3. The zero-order chi connectivity index (χ0) is 17.8. The van der Waals surface area contributed by atoms with Crippen molar-refractivity contribution >= 4 is 28.9 Å². The van der Waals surface area contributed by atoms with Crippen molar-refractivity contribution < 1.29 is 23.5 Å². The molecule has 1 heterocycles. The molecule has 1 fully saturated rings. The highest BCUT2D eigenvalue weighted by atomic mass is 16.5. The molecule has 3 rings (SSSR count). The second-order valence-corrected chi connectivity index (χ2v) is 6.08. The molecule has 7 nitrogen and oxygen atoms in total. The fourth-order valence-electron chi connectivity index (χ4n) is 2.45. The summed E-state index contributed by atoms with van der Waals surface area (Å²) in [5.41, 5.74) is 2.57. The summed E-state index contributed by atoms with van der Waals surface area (Å²) in [6.07, 6.45) is 4.27. The van der Waals surface area contributed by atoms with E-state index in [0.29, 0.717) is 5.56 Å². The molecule has 0 radical (unpaired) electrons. The van der Waals surface area contributed by atoms with Gasteiger partial charge in [0.1, 0.15) is 5.58 Å². The van der Waals surface area contributed by atoms with E-state index in [9.17, 15) is 14.4 Å². The van der Waals surface area contributed by atoms with Gasteiger partial charge in [-0.05, 0) is 30.9 Å². The van der Waals surface area contributed by atoms with Gasteiger partial charge in [0.15, 0.2) is 6.61 Å². The van der Waals surface area contributed by atoms with Crippen LogP contribution in [-0.4, -0.2) is 30.6 Å². The van der Waals surface area contributed by atoms with Gasteiger partial charge >= 0.3 is 12.0 Å². The van der Waals surface area contributed by atoms with Gasteiger partial charge in [-0.1, -0.05) is 19.1 Å². The van der Waals surface area contributed by atoms with Gasteiger partial charge in [0.25, 0.3) is 5.91 Å². The van der Waals surface area contributed by atoms with Gasteiger partial charge in [-0.25, -0.2) is 4.79 Å². The summed E-state index contributed by atoms with van der Waals surface area (Å²) >= 11 is 0. The lowest BCUT2D eigenvalue weighted by molar-refractivity contribution is -0.147. The molecule has 0 atom stereocenters. The predicted molar refractivity (Wildman–Crippen MR) is 90.0 cm³/mol. The van der Waals surface area contributed by atoms with Crippen LogP contribution < -0.4 is 10.6 Å². The van der Waals surface area contributed by atoms with E-state index in [1.54, 1.807) is 0 Å². The Labute approximate surface area is 144 Å². The highest BCUT2D eigenvalue weighted by molar-refractivity contribution is 5.96. The maximum Gasteiger partial charge on any atom is 0.321 e. The zero-order valence-corrected chi connectivity index (χ0v) is 14.0. The molecule has 1 aliphatic rings. The van der Waals surface area contributed by atoms with Crippen LogP contribution in [0.4, 0.5) is 4.79 Å². The molecule has 7 heteroatoms. The molecule has 0 spiro atoms. The summed E-state index contributed by atoms with van der Waals surface area (Å²) < 4.78 is 10.4. The van der Waals surface area contributed by atoms with Gasteiger partial charge in [-0.2, -0.15) is 0 Å². The number of ether oxygens (including phenoxy) is 1. The third-order valence-corrected chi connectivity index (χ3v) is 3.99. The molecule has 0 saturated heterocycles. The molecule has 1 aromatic carbocycles. The molecular formula is C18H20N2O5. The second kappa shape index (κ2) is 7.38. The predicted octanol–water partition coefficient (Wildman–Crippen LogP) is 2.07. The van der Waals surface area contributed by atoms with Crippen molar-refractivity contribution in [1.29, 1.82) is 0 Å². The minimum Gasteiger partial charge on any atom is -0.464 e. The standard InChI is InChI=1S/C18H20N2O5/c1-2-11-3-6-14-12(9-24-15(14)7-11)8-17(22)25-10-16(21)20-18(23)19-13-4-5-13/h3,6-7,9,13H,2,4-5,8,10H2,1H3,(H2,19,20,21,23). The van der Waals surface area contributed by atoms with Crippen molar-refractivity contribution in [3.8, 4) is 0 Å². The maximum atomic E-state index is 11.9. The highest BCUT2D eigenvalue weighted by Crippen LogP contribution is 2.23. The number of fused-ring (bicyclic) bond motifs is 1. The van der Waals surface area contributed by atoms with Crippen LogP contribution in [0.3, 0.4) is 0 Å². The van der Waals surface area contributed by atoms with Crippen LogP contribution in [0, 0.1) is 0 Å². The number of aryl methyl sites for hydroxylation is 1. The zero-order valence-electron chi connectivity index (χ0n) is 14.0. The molecule has 0 bridgehead atoms. The Morgan fingerprint density at radius 2 is 2.08 bits per heavy atom. The molecular weight excluding hydrogens is 324 g/mol. The molecule has 1 aromatic heterocycles. The number of imide groups is 1. The molecule has 132 valence electrons. The first-order valence-corrected chi connectivity index (χ1v) is 8.30. The Hall–Kier alpha value is -2.83. The van der Waals surface area contributed by atoms with Gasteiger partial charge in [0.2, 0.25) is 0 Å². The normalized spacial score (nSPS) is 13.5. The highest BCUT2D eigenvalue weighted by Gasteiger charge is 2.24. The number of carbonyl (C=O) groups excluding carboxylic acids is 3. The molecule has 1 aliphatic carbocycles. The Balaban J connectivity index is 1.48. The number of hydrogen-bond donors (Lipinski definition) is 2. The third-order valence-electron chi connectivity index (χ3n) is 3.99. The lowest BCUT2D eigenvalue weighted by atomic mass is 10.1.